The SMILES string of the molecule is CCCCCC(C)(C1CCCCC1)C1CCCCC1. The lowest BCUT2D eigenvalue weighted by molar-refractivity contribution is 0.0290. The molecule has 112 valence electrons. The first-order chi connectivity index (χ1) is 9.27. The molecule has 0 unspecified atom stereocenters. The van der Waals surface area contributed by atoms with E-state index in [0.29, 0.717) is 5.41 Å². The maximum Gasteiger partial charge on any atom is -0.0269 e. The predicted molar refractivity (Wildman–Crippen MR) is 85.4 cm³/mol. The Kier molecular flexibility index (Phi) is 6.23. The first-order valence-corrected chi connectivity index (χ1v) is 9.27. The van der Waals surface area contributed by atoms with Crippen LogP contribution in [-0.2, 0) is 0 Å². The molecule has 0 atom stereocenters. The number of rotatable bonds is 6. The second-order valence-corrected chi connectivity index (χ2v) is 7.63. The average molecular weight is 264 g/mol. The van der Waals surface area contributed by atoms with Gasteiger partial charge >= 0.3 is 0 Å². The molecule has 0 bridgehead atoms. The highest BCUT2D eigenvalue weighted by atomic mass is 14.5. The van der Waals surface area contributed by atoms with Gasteiger partial charge in [-0.1, -0.05) is 71.6 Å². The van der Waals surface area contributed by atoms with E-state index in [1.54, 1.807) is 25.7 Å². The molecule has 2 rings (SSSR count). The standard InChI is InChI=1S/C19H36/c1-3-4-11-16-19(2,17-12-7-5-8-13-17)18-14-9-6-10-15-18/h17-18H,3-16H2,1-2H3. The quantitative estimate of drug-likeness (QED) is 0.466. The molecule has 0 spiro atoms. The molecule has 0 aromatic rings. The Morgan fingerprint density at radius 3 is 1.63 bits per heavy atom. The van der Waals surface area contributed by atoms with Gasteiger partial charge in [0, 0.05) is 0 Å². The normalized spacial score (nSPS) is 23.7. The molecule has 19 heavy (non-hydrogen) atoms. The lowest BCUT2D eigenvalue weighted by Crippen LogP contribution is -2.37. The van der Waals surface area contributed by atoms with Crippen molar-refractivity contribution >= 4 is 0 Å². The Labute approximate surface area is 121 Å². The van der Waals surface area contributed by atoms with Crippen LogP contribution < -0.4 is 0 Å². The van der Waals surface area contributed by atoms with Gasteiger partial charge in [-0.3, -0.25) is 0 Å². The van der Waals surface area contributed by atoms with E-state index in [4.69, 9.17) is 0 Å². The van der Waals surface area contributed by atoms with Gasteiger partial charge in [-0.2, -0.15) is 0 Å². The van der Waals surface area contributed by atoms with E-state index in [0.717, 1.165) is 11.8 Å². The zero-order valence-corrected chi connectivity index (χ0v) is 13.6. The molecular formula is C19H36. The van der Waals surface area contributed by atoms with Gasteiger partial charge in [-0.25, -0.2) is 0 Å². The minimum atomic E-state index is 0.690. The fourth-order valence-corrected chi connectivity index (χ4v) is 5.02. The summed E-state index contributed by atoms with van der Waals surface area (Å²) in [6.07, 6.45) is 21.1. The topological polar surface area (TPSA) is 0 Å². The third-order valence-corrected chi connectivity index (χ3v) is 6.39. The molecule has 0 aromatic carbocycles. The van der Waals surface area contributed by atoms with Crippen LogP contribution >= 0.6 is 0 Å². The van der Waals surface area contributed by atoms with Crippen molar-refractivity contribution in [3.05, 3.63) is 0 Å². The highest BCUT2D eigenvalue weighted by molar-refractivity contribution is 4.91. The third-order valence-electron chi connectivity index (χ3n) is 6.39. The van der Waals surface area contributed by atoms with Gasteiger partial charge in [0.15, 0.2) is 0 Å². The largest absolute Gasteiger partial charge is 0.0654 e. The van der Waals surface area contributed by atoms with E-state index in [1.807, 2.05) is 0 Å². The second-order valence-electron chi connectivity index (χ2n) is 7.63. The van der Waals surface area contributed by atoms with E-state index in [1.165, 1.54) is 64.2 Å². The third kappa shape index (κ3) is 3.99. The molecule has 0 saturated heterocycles. The maximum absolute atomic E-state index is 2.69. The van der Waals surface area contributed by atoms with Gasteiger partial charge in [-0.05, 0) is 49.4 Å². The summed E-state index contributed by atoms with van der Waals surface area (Å²) in [6.45, 7) is 5.03. The highest BCUT2D eigenvalue weighted by Gasteiger charge is 2.40. The van der Waals surface area contributed by atoms with Gasteiger partial charge in [0.2, 0.25) is 0 Å². The number of unbranched alkanes of at least 4 members (excludes halogenated alkanes) is 2. The van der Waals surface area contributed by atoms with E-state index < -0.39 is 0 Å². The molecule has 0 heteroatoms. The van der Waals surface area contributed by atoms with Crippen molar-refractivity contribution in [3.8, 4) is 0 Å². The zero-order chi connectivity index (χ0) is 13.6. The number of hydrogen-bond acceptors (Lipinski definition) is 0. The van der Waals surface area contributed by atoms with Crippen molar-refractivity contribution in [1.82, 2.24) is 0 Å². The molecule has 0 amide bonds. The van der Waals surface area contributed by atoms with Gasteiger partial charge < -0.3 is 0 Å². The molecule has 2 saturated carbocycles. The van der Waals surface area contributed by atoms with Gasteiger partial charge in [0.05, 0.1) is 0 Å². The van der Waals surface area contributed by atoms with Crippen molar-refractivity contribution in [3.63, 3.8) is 0 Å². The molecule has 0 aliphatic heterocycles. The summed E-state index contributed by atoms with van der Waals surface area (Å²) in [5.41, 5.74) is 0.690. The van der Waals surface area contributed by atoms with Gasteiger partial charge in [0.25, 0.3) is 0 Å². The molecule has 2 fully saturated rings. The molecule has 0 heterocycles. The Morgan fingerprint density at radius 1 is 0.737 bits per heavy atom. The van der Waals surface area contributed by atoms with Crippen LogP contribution in [0.4, 0.5) is 0 Å². The maximum atomic E-state index is 2.69. The average Bonchev–Trinajstić information content (AvgIpc) is 2.49. The van der Waals surface area contributed by atoms with E-state index >= 15 is 0 Å². The summed E-state index contributed by atoms with van der Waals surface area (Å²) in [7, 11) is 0. The van der Waals surface area contributed by atoms with Crippen molar-refractivity contribution in [2.45, 2.75) is 104 Å². The summed E-state index contributed by atoms with van der Waals surface area (Å²) < 4.78 is 0. The van der Waals surface area contributed by atoms with Gasteiger partial charge in [0.1, 0.15) is 0 Å². The molecular weight excluding hydrogens is 228 g/mol. The fourth-order valence-electron chi connectivity index (χ4n) is 5.02. The van der Waals surface area contributed by atoms with Gasteiger partial charge in [-0.15, -0.1) is 0 Å². The van der Waals surface area contributed by atoms with Crippen LogP contribution in [0.1, 0.15) is 104 Å². The summed E-state index contributed by atoms with van der Waals surface area (Å²) in [5, 5.41) is 0. The molecule has 2 aliphatic carbocycles. The minimum absolute atomic E-state index is 0.690. The highest BCUT2D eigenvalue weighted by Crippen LogP contribution is 2.51. The minimum Gasteiger partial charge on any atom is -0.0654 e. The monoisotopic (exact) mass is 264 g/mol. The molecule has 2 aliphatic rings. The first-order valence-electron chi connectivity index (χ1n) is 9.27. The van der Waals surface area contributed by atoms with E-state index in [2.05, 4.69) is 13.8 Å². The van der Waals surface area contributed by atoms with Crippen molar-refractivity contribution in [2.24, 2.45) is 17.3 Å². The van der Waals surface area contributed by atoms with Crippen LogP contribution in [0.15, 0.2) is 0 Å². The molecule has 0 nitrogen and oxygen atoms in total. The zero-order valence-electron chi connectivity index (χ0n) is 13.6. The summed E-state index contributed by atoms with van der Waals surface area (Å²) in [6, 6.07) is 0. The number of hydrogen-bond donors (Lipinski definition) is 0. The Bertz CT molecular complexity index is 212. The lowest BCUT2D eigenvalue weighted by Gasteiger charge is -2.47. The van der Waals surface area contributed by atoms with E-state index in [-0.39, 0.29) is 0 Å². The Hall–Kier alpha value is 0. The van der Waals surface area contributed by atoms with Crippen LogP contribution in [0.3, 0.4) is 0 Å². The fraction of sp³-hybridized carbons (Fsp3) is 1.00. The molecule has 0 N–H and O–H groups in total. The lowest BCUT2D eigenvalue weighted by atomic mass is 9.58. The van der Waals surface area contributed by atoms with Crippen LogP contribution in [0.5, 0.6) is 0 Å². The van der Waals surface area contributed by atoms with Crippen LogP contribution in [0.2, 0.25) is 0 Å². The van der Waals surface area contributed by atoms with Crippen LogP contribution in [-0.4, -0.2) is 0 Å². The molecule has 0 aromatic heterocycles. The van der Waals surface area contributed by atoms with Crippen LogP contribution in [0, 0.1) is 17.3 Å². The van der Waals surface area contributed by atoms with E-state index in [9.17, 15) is 0 Å². The predicted octanol–water partition coefficient (Wildman–Crippen LogP) is 6.73. The van der Waals surface area contributed by atoms with Crippen molar-refractivity contribution < 1.29 is 0 Å². The van der Waals surface area contributed by atoms with Crippen LogP contribution in [0.25, 0.3) is 0 Å². The Morgan fingerprint density at radius 2 is 1.21 bits per heavy atom. The summed E-state index contributed by atoms with van der Waals surface area (Å²) in [5.74, 6) is 2.11. The summed E-state index contributed by atoms with van der Waals surface area (Å²) in [4.78, 5) is 0. The van der Waals surface area contributed by atoms with Crippen molar-refractivity contribution in [2.75, 3.05) is 0 Å². The second kappa shape index (κ2) is 7.70. The smallest absolute Gasteiger partial charge is 0.0269 e. The van der Waals surface area contributed by atoms with Crippen molar-refractivity contribution in [1.29, 1.82) is 0 Å². The molecule has 0 radical (unpaired) electrons. The summed E-state index contributed by atoms with van der Waals surface area (Å²) >= 11 is 0. The first kappa shape index (κ1) is 15.4. The Balaban J connectivity index is 2.00.